The van der Waals surface area contributed by atoms with E-state index in [1.807, 2.05) is 44.2 Å². The van der Waals surface area contributed by atoms with E-state index in [-0.39, 0.29) is 24.4 Å². The van der Waals surface area contributed by atoms with E-state index in [0.29, 0.717) is 11.5 Å². The van der Waals surface area contributed by atoms with Crippen LogP contribution < -0.4 is 14.8 Å². The van der Waals surface area contributed by atoms with Crippen LogP contribution in [0.5, 0.6) is 11.5 Å². The van der Waals surface area contributed by atoms with E-state index in [1.165, 1.54) is 5.56 Å². The number of carbonyl (C=O) groups is 1. The smallest absolute Gasteiger partial charge is 0.235 e. The van der Waals surface area contributed by atoms with E-state index in [2.05, 4.69) is 28.4 Å². The lowest BCUT2D eigenvalue weighted by Crippen LogP contribution is -2.52. The minimum absolute atomic E-state index is 0.00479. The molecule has 0 unspecified atom stereocenters. The van der Waals surface area contributed by atoms with Gasteiger partial charge in [0.25, 0.3) is 0 Å². The fraction of sp³-hybridized carbons (Fsp3) is 0.440. The van der Waals surface area contributed by atoms with Crippen molar-refractivity contribution in [2.24, 2.45) is 5.92 Å². The van der Waals surface area contributed by atoms with Crippen molar-refractivity contribution < 1.29 is 14.3 Å². The molecular formula is C25H31N3O3. The summed E-state index contributed by atoms with van der Waals surface area (Å²) in [6, 6.07) is 16.4. The first kappa shape index (κ1) is 22.6. The molecule has 2 aromatic rings. The van der Waals surface area contributed by atoms with Crippen molar-refractivity contribution in [3.05, 3.63) is 59.2 Å². The van der Waals surface area contributed by atoms with Gasteiger partial charge in [-0.05, 0) is 48.1 Å². The van der Waals surface area contributed by atoms with Crippen LogP contribution in [0.3, 0.4) is 0 Å². The van der Waals surface area contributed by atoms with Gasteiger partial charge in [-0.1, -0.05) is 44.2 Å². The minimum Gasteiger partial charge on any atom is -0.493 e. The zero-order valence-electron chi connectivity index (χ0n) is 18.9. The largest absolute Gasteiger partial charge is 0.493 e. The van der Waals surface area contributed by atoms with Crippen LogP contribution in [-0.4, -0.2) is 43.7 Å². The highest BCUT2D eigenvalue weighted by Crippen LogP contribution is 2.40. The number of nitrogens with one attached hydrogen (secondary N) is 1. The van der Waals surface area contributed by atoms with Crippen molar-refractivity contribution in [3.8, 4) is 17.6 Å². The van der Waals surface area contributed by atoms with Gasteiger partial charge in [0.15, 0.2) is 11.5 Å². The Kier molecular flexibility index (Phi) is 6.87. The lowest BCUT2D eigenvalue weighted by molar-refractivity contribution is -0.124. The lowest BCUT2D eigenvalue weighted by Gasteiger charge is -2.38. The Morgan fingerprint density at radius 1 is 1.23 bits per heavy atom. The molecule has 3 rings (SSSR count). The number of hydrogen-bond acceptors (Lipinski definition) is 5. The van der Waals surface area contributed by atoms with Gasteiger partial charge in [-0.3, -0.25) is 9.69 Å². The molecule has 1 amide bonds. The molecular weight excluding hydrogens is 390 g/mol. The molecule has 0 saturated carbocycles. The molecule has 2 aromatic carbocycles. The maximum Gasteiger partial charge on any atom is 0.235 e. The molecule has 0 fully saturated rings. The number of rotatable bonds is 7. The van der Waals surface area contributed by atoms with Crippen molar-refractivity contribution in [1.29, 1.82) is 5.26 Å². The summed E-state index contributed by atoms with van der Waals surface area (Å²) in [5, 5.41) is 12.5. The van der Waals surface area contributed by atoms with E-state index in [0.717, 1.165) is 24.1 Å². The highest BCUT2D eigenvalue weighted by Gasteiger charge is 2.34. The van der Waals surface area contributed by atoms with Crippen LogP contribution >= 0.6 is 0 Å². The summed E-state index contributed by atoms with van der Waals surface area (Å²) in [6.07, 6.45) is 0.798. The Morgan fingerprint density at radius 3 is 2.45 bits per heavy atom. The molecule has 31 heavy (non-hydrogen) atoms. The number of methoxy groups -OCH3 is 2. The van der Waals surface area contributed by atoms with Gasteiger partial charge in [0.1, 0.15) is 5.54 Å². The normalized spacial score (nSPS) is 17.9. The van der Waals surface area contributed by atoms with E-state index in [9.17, 15) is 10.1 Å². The Bertz CT molecular complexity index is 968. The molecule has 2 atom stereocenters. The second kappa shape index (κ2) is 9.40. The van der Waals surface area contributed by atoms with Gasteiger partial charge in [-0.15, -0.1) is 0 Å². The predicted octanol–water partition coefficient (Wildman–Crippen LogP) is 3.71. The van der Waals surface area contributed by atoms with Crippen LogP contribution in [0, 0.1) is 17.2 Å². The van der Waals surface area contributed by atoms with Gasteiger partial charge in [0.2, 0.25) is 5.91 Å². The Labute approximate surface area is 184 Å². The summed E-state index contributed by atoms with van der Waals surface area (Å²) < 4.78 is 11.0. The second-order valence-electron chi connectivity index (χ2n) is 8.46. The van der Waals surface area contributed by atoms with E-state index in [1.54, 1.807) is 21.1 Å². The standard InChI is InChI=1S/C25H31N3O3/c1-17(2)25(3,16-26)27-23(29)15-28-12-11-19-13-21(30-4)22(31-5)14-20(19)24(28)18-9-7-6-8-10-18/h6-10,13-14,17,24H,11-12,15H2,1-5H3,(H,27,29)/t24-,25-/m0/s1. The summed E-state index contributed by atoms with van der Waals surface area (Å²) in [6.45, 7) is 6.57. The van der Waals surface area contributed by atoms with Crippen molar-refractivity contribution >= 4 is 5.91 Å². The predicted molar refractivity (Wildman–Crippen MR) is 120 cm³/mol. The third kappa shape index (κ3) is 4.67. The monoisotopic (exact) mass is 421 g/mol. The maximum absolute atomic E-state index is 13.0. The van der Waals surface area contributed by atoms with Gasteiger partial charge in [0.05, 0.1) is 32.9 Å². The SMILES string of the molecule is COc1cc2c(cc1OC)[C@H](c1ccccc1)N(CC(=O)N[C@@](C)(C#N)C(C)C)CC2. The summed E-state index contributed by atoms with van der Waals surface area (Å²) in [4.78, 5) is 15.1. The van der Waals surface area contributed by atoms with Gasteiger partial charge in [0, 0.05) is 6.54 Å². The zero-order valence-corrected chi connectivity index (χ0v) is 18.9. The first-order valence-electron chi connectivity index (χ1n) is 10.6. The average Bonchev–Trinajstić information content (AvgIpc) is 2.78. The van der Waals surface area contributed by atoms with Crippen LogP contribution in [0.2, 0.25) is 0 Å². The number of ether oxygens (including phenoxy) is 2. The second-order valence-corrected chi connectivity index (χ2v) is 8.46. The molecule has 1 heterocycles. The summed E-state index contributed by atoms with van der Waals surface area (Å²) in [7, 11) is 3.27. The molecule has 0 aromatic heterocycles. The van der Waals surface area contributed by atoms with E-state index in [4.69, 9.17) is 9.47 Å². The van der Waals surface area contributed by atoms with Crippen LogP contribution in [0.25, 0.3) is 0 Å². The van der Waals surface area contributed by atoms with Crippen LogP contribution in [0.4, 0.5) is 0 Å². The first-order valence-corrected chi connectivity index (χ1v) is 10.6. The highest BCUT2D eigenvalue weighted by molar-refractivity contribution is 5.79. The summed E-state index contributed by atoms with van der Waals surface area (Å²) >= 11 is 0. The van der Waals surface area contributed by atoms with Gasteiger partial charge >= 0.3 is 0 Å². The number of fused-ring (bicyclic) bond motifs is 1. The van der Waals surface area contributed by atoms with E-state index < -0.39 is 5.54 Å². The van der Waals surface area contributed by atoms with Crippen LogP contribution in [0.1, 0.15) is 43.5 Å². The fourth-order valence-corrected chi connectivity index (χ4v) is 4.01. The maximum atomic E-state index is 13.0. The molecule has 0 bridgehead atoms. The molecule has 1 N–H and O–H groups in total. The number of nitriles is 1. The van der Waals surface area contributed by atoms with Crippen LogP contribution in [-0.2, 0) is 11.2 Å². The fourth-order valence-electron chi connectivity index (χ4n) is 4.01. The highest BCUT2D eigenvalue weighted by atomic mass is 16.5. The molecule has 0 spiro atoms. The van der Waals surface area contributed by atoms with Crippen LogP contribution in [0.15, 0.2) is 42.5 Å². The number of carbonyl (C=O) groups excluding carboxylic acids is 1. The van der Waals surface area contributed by atoms with E-state index >= 15 is 0 Å². The molecule has 0 saturated heterocycles. The van der Waals surface area contributed by atoms with Gasteiger partial charge in [-0.2, -0.15) is 5.26 Å². The number of amides is 1. The molecule has 0 radical (unpaired) electrons. The molecule has 164 valence electrons. The quantitative estimate of drug-likeness (QED) is 0.738. The third-order valence-electron chi connectivity index (χ3n) is 6.22. The minimum atomic E-state index is -0.899. The van der Waals surface area contributed by atoms with Crippen molar-refractivity contribution in [2.45, 2.75) is 38.8 Å². The summed E-state index contributed by atoms with van der Waals surface area (Å²) in [5.74, 6) is 1.24. The Morgan fingerprint density at radius 2 is 1.87 bits per heavy atom. The molecule has 1 aliphatic rings. The Hall–Kier alpha value is -3.04. The third-order valence-corrected chi connectivity index (χ3v) is 6.22. The van der Waals surface area contributed by atoms with Crippen molar-refractivity contribution in [2.75, 3.05) is 27.3 Å². The number of benzene rings is 2. The molecule has 6 nitrogen and oxygen atoms in total. The molecule has 1 aliphatic heterocycles. The lowest BCUT2D eigenvalue weighted by atomic mass is 9.87. The zero-order chi connectivity index (χ0) is 22.6. The van der Waals surface area contributed by atoms with Crippen molar-refractivity contribution in [3.63, 3.8) is 0 Å². The summed E-state index contributed by atoms with van der Waals surface area (Å²) in [5.41, 5.74) is 2.50. The van der Waals surface area contributed by atoms with Gasteiger partial charge in [-0.25, -0.2) is 0 Å². The number of nitrogens with zero attached hydrogens (tertiary/aromatic N) is 2. The average molecular weight is 422 g/mol. The molecule has 6 heteroatoms. The topological polar surface area (TPSA) is 74.6 Å². The van der Waals surface area contributed by atoms with Gasteiger partial charge < -0.3 is 14.8 Å². The first-order chi connectivity index (χ1) is 14.8. The number of hydrogen-bond donors (Lipinski definition) is 1. The Balaban J connectivity index is 1.96. The van der Waals surface area contributed by atoms with Crippen molar-refractivity contribution in [1.82, 2.24) is 10.2 Å². The molecule has 0 aliphatic carbocycles.